The summed E-state index contributed by atoms with van der Waals surface area (Å²) in [7, 11) is 3.03. The molecule has 1 aromatic heterocycles. The zero-order valence-corrected chi connectivity index (χ0v) is 13.1. The van der Waals surface area contributed by atoms with Crippen LogP contribution in [0.25, 0.3) is 0 Å². The highest BCUT2D eigenvalue weighted by atomic mass is 32.1. The lowest BCUT2D eigenvalue weighted by Gasteiger charge is -2.15. The van der Waals surface area contributed by atoms with E-state index in [1.807, 2.05) is 16.8 Å². The zero-order valence-electron chi connectivity index (χ0n) is 12.3. The molecular formula is C15H18N2O4S. The Morgan fingerprint density at radius 1 is 1.32 bits per heavy atom. The fraction of sp³-hybridized carbons (Fsp3) is 0.267. The highest BCUT2D eigenvalue weighted by Gasteiger charge is 2.13. The van der Waals surface area contributed by atoms with Crippen molar-refractivity contribution in [1.29, 1.82) is 0 Å². The number of aliphatic hydroxyl groups excluding tert-OH is 1. The van der Waals surface area contributed by atoms with Gasteiger partial charge in [-0.15, -0.1) is 0 Å². The number of hydrogen-bond donors (Lipinski definition) is 3. The van der Waals surface area contributed by atoms with Gasteiger partial charge in [0.05, 0.1) is 26.0 Å². The summed E-state index contributed by atoms with van der Waals surface area (Å²) in [5.41, 5.74) is 1.27. The number of thiophene rings is 1. The molecule has 1 atom stereocenters. The molecule has 1 heterocycles. The first kappa shape index (κ1) is 16.1. The number of urea groups is 1. The van der Waals surface area contributed by atoms with Gasteiger partial charge < -0.3 is 25.2 Å². The van der Waals surface area contributed by atoms with Gasteiger partial charge in [-0.3, -0.25) is 0 Å². The van der Waals surface area contributed by atoms with Gasteiger partial charge in [0, 0.05) is 6.54 Å². The van der Waals surface area contributed by atoms with E-state index in [0.29, 0.717) is 17.2 Å². The largest absolute Gasteiger partial charge is 0.493 e. The number of para-hydroxylation sites is 1. The molecule has 0 saturated carbocycles. The Hall–Kier alpha value is -2.25. The van der Waals surface area contributed by atoms with Crippen LogP contribution in [0.3, 0.4) is 0 Å². The summed E-state index contributed by atoms with van der Waals surface area (Å²) in [4.78, 5) is 11.9. The maximum Gasteiger partial charge on any atom is 0.319 e. The van der Waals surface area contributed by atoms with E-state index in [2.05, 4.69) is 10.6 Å². The number of anilines is 1. The van der Waals surface area contributed by atoms with E-state index >= 15 is 0 Å². The van der Waals surface area contributed by atoms with Gasteiger partial charge >= 0.3 is 6.03 Å². The third kappa shape index (κ3) is 3.90. The Kier molecular flexibility index (Phi) is 5.62. The van der Waals surface area contributed by atoms with Crippen LogP contribution >= 0.6 is 11.3 Å². The van der Waals surface area contributed by atoms with Crippen LogP contribution in [-0.2, 0) is 0 Å². The molecule has 2 rings (SSSR count). The van der Waals surface area contributed by atoms with Crippen molar-refractivity contribution >= 4 is 23.1 Å². The fourth-order valence-corrected chi connectivity index (χ4v) is 2.63. The van der Waals surface area contributed by atoms with Crippen LogP contribution in [0.15, 0.2) is 35.0 Å². The Labute approximate surface area is 132 Å². The molecule has 0 bridgehead atoms. The van der Waals surface area contributed by atoms with Crippen molar-refractivity contribution in [2.24, 2.45) is 0 Å². The molecule has 0 spiro atoms. The molecule has 2 amide bonds. The second-order valence-electron chi connectivity index (χ2n) is 4.45. The van der Waals surface area contributed by atoms with Gasteiger partial charge in [-0.05, 0) is 34.5 Å². The minimum atomic E-state index is -0.732. The molecule has 0 saturated heterocycles. The van der Waals surface area contributed by atoms with Crippen molar-refractivity contribution in [1.82, 2.24) is 5.32 Å². The Morgan fingerprint density at radius 2 is 2.14 bits per heavy atom. The SMILES string of the molecule is COc1cccc(NC(=O)NCC(O)c2ccsc2)c1OC. The summed E-state index contributed by atoms with van der Waals surface area (Å²) in [6, 6.07) is 6.58. The molecule has 118 valence electrons. The molecule has 7 heteroatoms. The highest BCUT2D eigenvalue weighted by Crippen LogP contribution is 2.34. The quantitative estimate of drug-likeness (QED) is 0.764. The number of carbonyl (C=O) groups excluding carboxylic acids is 1. The summed E-state index contributed by atoms with van der Waals surface area (Å²) >= 11 is 1.50. The van der Waals surface area contributed by atoms with E-state index in [1.54, 1.807) is 18.2 Å². The van der Waals surface area contributed by atoms with Crippen LogP contribution in [0.1, 0.15) is 11.7 Å². The third-order valence-electron chi connectivity index (χ3n) is 3.04. The molecule has 0 aliphatic rings. The maximum atomic E-state index is 11.9. The molecule has 0 fully saturated rings. The number of hydrogen-bond acceptors (Lipinski definition) is 5. The summed E-state index contributed by atoms with van der Waals surface area (Å²) in [6.45, 7) is 0.120. The monoisotopic (exact) mass is 322 g/mol. The van der Waals surface area contributed by atoms with Crippen LogP contribution in [0, 0.1) is 0 Å². The molecule has 0 radical (unpaired) electrons. The smallest absolute Gasteiger partial charge is 0.319 e. The summed E-state index contributed by atoms with van der Waals surface area (Å²) in [6.07, 6.45) is -0.732. The first-order valence-electron chi connectivity index (χ1n) is 6.61. The second kappa shape index (κ2) is 7.67. The van der Waals surface area contributed by atoms with Crippen LogP contribution in [0.4, 0.5) is 10.5 Å². The minimum absolute atomic E-state index is 0.120. The predicted molar refractivity (Wildman–Crippen MR) is 85.8 cm³/mol. The molecule has 22 heavy (non-hydrogen) atoms. The summed E-state index contributed by atoms with van der Waals surface area (Å²) in [5, 5.41) is 18.9. The van der Waals surface area contributed by atoms with Crippen molar-refractivity contribution in [3.8, 4) is 11.5 Å². The Bertz CT molecular complexity index is 616. The van der Waals surface area contributed by atoms with Crippen molar-refractivity contribution in [2.45, 2.75) is 6.10 Å². The number of amides is 2. The Morgan fingerprint density at radius 3 is 2.77 bits per heavy atom. The average Bonchev–Trinajstić information content (AvgIpc) is 3.06. The lowest BCUT2D eigenvalue weighted by Crippen LogP contribution is -2.32. The second-order valence-corrected chi connectivity index (χ2v) is 5.23. The van der Waals surface area contributed by atoms with Crippen LogP contribution in [0.2, 0.25) is 0 Å². The van der Waals surface area contributed by atoms with Gasteiger partial charge in [0.1, 0.15) is 0 Å². The first-order valence-corrected chi connectivity index (χ1v) is 7.56. The van der Waals surface area contributed by atoms with Crippen molar-refractivity contribution < 1.29 is 19.4 Å². The van der Waals surface area contributed by atoms with E-state index in [9.17, 15) is 9.90 Å². The number of nitrogens with one attached hydrogen (secondary N) is 2. The molecule has 0 aliphatic heterocycles. The van der Waals surface area contributed by atoms with Gasteiger partial charge in [0.25, 0.3) is 0 Å². The zero-order chi connectivity index (χ0) is 15.9. The average molecular weight is 322 g/mol. The Balaban J connectivity index is 1.95. The third-order valence-corrected chi connectivity index (χ3v) is 3.74. The van der Waals surface area contributed by atoms with E-state index in [4.69, 9.17) is 9.47 Å². The van der Waals surface area contributed by atoms with Crippen molar-refractivity contribution in [3.05, 3.63) is 40.6 Å². The predicted octanol–water partition coefficient (Wildman–Crippen LogP) is 2.62. The number of rotatable bonds is 6. The minimum Gasteiger partial charge on any atom is -0.493 e. The van der Waals surface area contributed by atoms with E-state index < -0.39 is 12.1 Å². The molecule has 1 aromatic carbocycles. The van der Waals surface area contributed by atoms with Crippen molar-refractivity contribution in [2.75, 3.05) is 26.1 Å². The van der Waals surface area contributed by atoms with Crippen LogP contribution in [0.5, 0.6) is 11.5 Å². The number of carbonyl (C=O) groups is 1. The first-order chi connectivity index (χ1) is 10.7. The van der Waals surface area contributed by atoms with E-state index in [1.165, 1.54) is 25.6 Å². The lowest BCUT2D eigenvalue weighted by atomic mass is 10.2. The summed E-state index contributed by atoms with van der Waals surface area (Å²) in [5.74, 6) is 0.970. The van der Waals surface area contributed by atoms with Crippen molar-refractivity contribution in [3.63, 3.8) is 0 Å². The summed E-state index contributed by atoms with van der Waals surface area (Å²) < 4.78 is 10.4. The topological polar surface area (TPSA) is 79.8 Å². The maximum absolute atomic E-state index is 11.9. The van der Waals surface area contributed by atoms with Gasteiger partial charge in [-0.1, -0.05) is 6.07 Å². The normalized spacial score (nSPS) is 11.6. The van der Waals surface area contributed by atoms with Gasteiger partial charge in [0.2, 0.25) is 0 Å². The number of methoxy groups -OCH3 is 2. The molecule has 0 aliphatic carbocycles. The van der Waals surface area contributed by atoms with Gasteiger partial charge in [0.15, 0.2) is 11.5 Å². The van der Waals surface area contributed by atoms with Gasteiger partial charge in [-0.25, -0.2) is 4.79 Å². The molecule has 6 nitrogen and oxygen atoms in total. The van der Waals surface area contributed by atoms with Crippen LogP contribution in [-0.4, -0.2) is 31.9 Å². The number of benzene rings is 1. The van der Waals surface area contributed by atoms with E-state index in [0.717, 1.165) is 5.56 Å². The number of aliphatic hydroxyl groups is 1. The standard InChI is InChI=1S/C15H18N2O4S/c1-20-13-5-3-4-11(14(13)21-2)17-15(19)16-8-12(18)10-6-7-22-9-10/h3-7,9,12,18H,8H2,1-2H3,(H2,16,17,19). The molecule has 1 unspecified atom stereocenters. The molecule has 3 N–H and O–H groups in total. The fourth-order valence-electron chi connectivity index (χ4n) is 1.92. The highest BCUT2D eigenvalue weighted by molar-refractivity contribution is 7.07. The number of ether oxygens (including phenoxy) is 2. The lowest BCUT2D eigenvalue weighted by molar-refractivity contribution is 0.175. The molecule has 2 aromatic rings. The molecular weight excluding hydrogens is 304 g/mol. The van der Waals surface area contributed by atoms with E-state index in [-0.39, 0.29) is 6.54 Å². The van der Waals surface area contributed by atoms with Gasteiger partial charge in [-0.2, -0.15) is 11.3 Å². The van der Waals surface area contributed by atoms with Crippen LogP contribution < -0.4 is 20.1 Å².